The van der Waals surface area contributed by atoms with E-state index in [2.05, 4.69) is 9.97 Å². The van der Waals surface area contributed by atoms with Crippen LogP contribution in [0.15, 0.2) is 67.0 Å². The van der Waals surface area contributed by atoms with E-state index in [1.54, 1.807) is 0 Å². The molecule has 2 heterocycles. The second-order valence-electron chi connectivity index (χ2n) is 8.93. The first-order chi connectivity index (χ1) is 16.8. The zero-order valence-electron chi connectivity index (χ0n) is 18.8. The van der Waals surface area contributed by atoms with Crippen molar-refractivity contribution >= 4 is 5.95 Å². The number of anilines is 1. The summed E-state index contributed by atoms with van der Waals surface area (Å²) < 4.78 is 79.9. The van der Waals surface area contributed by atoms with Gasteiger partial charge in [-0.2, -0.15) is 31.6 Å². The standard InChI is InChI=1S/C25H20F6N4O/c1-22(18-5-3-2-4-6-18)15-35(21-33-12-16(11-32)13-34-21)14-20(22)17-7-9-19(10-8-17)23(36,24(26,27)28)25(29,30)31/h2-10,12-13,20,36H,14-15H2,1H3/t20-,22+/m0/s1. The molecule has 1 aromatic heterocycles. The second-order valence-corrected chi connectivity index (χ2v) is 8.93. The van der Waals surface area contributed by atoms with Crippen LogP contribution in [0.5, 0.6) is 0 Å². The summed E-state index contributed by atoms with van der Waals surface area (Å²) in [6.45, 7) is 2.68. The number of nitriles is 1. The van der Waals surface area contributed by atoms with Gasteiger partial charge in [0.2, 0.25) is 5.95 Å². The summed E-state index contributed by atoms with van der Waals surface area (Å²) >= 11 is 0. The first-order valence-corrected chi connectivity index (χ1v) is 10.8. The number of aliphatic hydroxyl groups is 1. The van der Waals surface area contributed by atoms with E-state index in [9.17, 15) is 31.4 Å². The van der Waals surface area contributed by atoms with Crippen molar-refractivity contribution in [2.45, 2.75) is 36.2 Å². The van der Waals surface area contributed by atoms with E-state index in [0.717, 1.165) is 5.56 Å². The van der Waals surface area contributed by atoms with Gasteiger partial charge in [-0.3, -0.25) is 0 Å². The van der Waals surface area contributed by atoms with E-state index in [1.807, 2.05) is 48.2 Å². The lowest BCUT2D eigenvalue weighted by Crippen LogP contribution is -2.53. The number of alkyl halides is 6. The molecule has 11 heteroatoms. The van der Waals surface area contributed by atoms with Crippen LogP contribution in [0.3, 0.4) is 0 Å². The van der Waals surface area contributed by atoms with E-state index < -0.39 is 28.9 Å². The Labute approximate surface area is 202 Å². The average molecular weight is 506 g/mol. The molecule has 1 saturated heterocycles. The maximum Gasteiger partial charge on any atom is 0.430 e. The van der Waals surface area contributed by atoms with Crippen molar-refractivity contribution < 1.29 is 31.4 Å². The highest BCUT2D eigenvalue weighted by Gasteiger charge is 2.71. The molecular formula is C25H20F6N4O. The fourth-order valence-electron chi connectivity index (χ4n) is 4.72. The van der Waals surface area contributed by atoms with Gasteiger partial charge in [0, 0.05) is 30.0 Å². The van der Waals surface area contributed by atoms with E-state index in [4.69, 9.17) is 5.26 Å². The van der Waals surface area contributed by atoms with Gasteiger partial charge in [-0.05, 0) is 11.1 Å². The van der Waals surface area contributed by atoms with Gasteiger partial charge in [0.05, 0.1) is 18.0 Å². The minimum atomic E-state index is -5.96. The molecule has 1 fully saturated rings. The number of hydrogen-bond acceptors (Lipinski definition) is 5. The Hall–Kier alpha value is -3.65. The minimum absolute atomic E-state index is 0.276. The fraction of sp³-hybridized carbons (Fsp3) is 0.320. The molecule has 3 aromatic rings. The van der Waals surface area contributed by atoms with Gasteiger partial charge < -0.3 is 10.0 Å². The minimum Gasteiger partial charge on any atom is -0.369 e. The molecule has 0 amide bonds. The molecule has 5 nitrogen and oxygen atoms in total. The first kappa shape index (κ1) is 25.4. The molecule has 0 aliphatic carbocycles. The Bertz CT molecular complexity index is 1240. The Morgan fingerprint density at radius 2 is 1.50 bits per heavy atom. The molecule has 0 saturated carbocycles. The summed E-state index contributed by atoms with van der Waals surface area (Å²) in [5.41, 5.74) is -5.22. The van der Waals surface area contributed by atoms with Gasteiger partial charge in [-0.1, -0.05) is 61.5 Å². The lowest BCUT2D eigenvalue weighted by molar-refractivity contribution is -0.376. The normalized spacial score (nSPS) is 20.9. The third-order valence-electron chi connectivity index (χ3n) is 6.73. The molecule has 188 valence electrons. The van der Waals surface area contributed by atoms with Crippen molar-refractivity contribution in [3.05, 3.63) is 89.2 Å². The third kappa shape index (κ3) is 4.15. The summed E-state index contributed by atoms with van der Waals surface area (Å²) in [5.74, 6) is -0.0168. The number of rotatable bonds is 4. The predicted molar refractivity (Wildman–Crippen MR) is 118 cm³/mol. The lowest BCUT2D eigenvalue weighted by Gasteiger charge is -2.34. The molecule has 2 atom stereocenters. The van der Waals surface area contributed by atoms with Crippen LogP contribution in [0.2, 0.25) is 0 Å². The smallest absolute Gasteiger partial charge is 0.369 e. The molecule has 0 unspecified atom stereocenters. The molecule has 1 N–H and O–H groups in total. The highest BCUT2D eigenvalue weighted by atomic mass is 19.4. The number of aromatic nitrogens is 2. The van der Waals surface area contributed by atoms with Gasteiger partial charge >= 0.3 is 12.4 Å². The quantitative estimate of drug-likeness (QED) is 0.491. The maximum absolute atomic E-state index is 13.3. The van der Waals surface area contributed by atoms with Gasteiger partial charge in [0.15, 0.2) is 0 Å². The monoisotopic (exact) mass is 506 g/mol. The maximum atomic E-state index is 13.3. The largest absolute Gasteiger partial charge is 0.430 e. The van der Waals surface area contributed by atoms with Gasteiger partial charge in [0.1, 0.15) is 6.07 Å². The van der Waals surface area contributed by atoms with Crippen LogP contribution in [0.1, 0.15) is 35.1 Å². The highest BCUT2D eigenvalue weighted by molar-refractivity contribution is 5.46. The molecule has 0 spiro atoms. The zero-order chi connectivity index (χ0) is 26.4. The van der Waals surface area contributed by atoms with Gasteiger partial charge in [-0.15, -0.1) is 0 Å². The van der Waals surface area contributed by atoms with Crippen LogP contribution in [-0.2, 0) is 11.0 Å². The van der Waals surface area contributed by atoms with Crippen LogP contribution in [-0.4, -0.2) is 40.5 Å². The number of hydrogen-bond donors (Lipinski definition) is 1. The summed E-state index contributed by atoms with van der Waals surface area (Å²) in [5, 5.41) is 18.7. The first-order valence-electron chi connectivity index (χ1n) is 10.8. The number of nitrogens with zero attached hydrogens (tertiary/aromatic N) is 4. The summed E-state index contributed by atoms with van der Waals surface area (Å²) in [6.07, 6.45) is -9.16. The fourth-order valence-corrected chi connectivity index (χ4v) is 4.72. The Morgan fingerprint density at radius 3 is 2.00 bits per heavy atom. The van der Waals surface area contributed by atoms with Crippen molar-refractivity contribution in [1.82, 2.24) is 9.97 Å². The van der Waals surface area contributed by atoms with Crippen LogP contribution < -0.4 is 4.90 Å². The van der Waals surface area contributed by atoms with E-state index >= 15 is 0 Å². The van der Waals surface area contributed by atoms with Crippen LogP contribution in [0.25, 0.3) is 0 Å². The second kappa shape index (κ2) is 8.78. The third-order valence-corrected chi connectivity index (χ3v) is 6.73. The van der Waals surface area contributed by atoms with Crippen molar-refractivity contribution in [3.63, 3.8) is 0 Å². The molecule has 1 aliphatic heterocycles. The van der Waals surface area contributed by atoms with Crippen molar-refractivity contribution in [2.24, 2.45) is 0 Å². The lowest BCUT2D eigenvalue weighted by atomic mass is 9.71. The van der Waals surface area contributed by atoms with Crippen LogP contribution >= 0.6 is 0 Å². The Morgan fingerprint density at radius 1 is 0.944 bits per heavy atom. The number of halogens is 6. The summed E-state index contributed by atoms with van der Waals surface area (Å²) in [7, 11) is 0. The van der Waals surface area contributed by atoms with E-state index in [0.29, 0.717) is 36.7 Å². The molecule has 4 rings (SSSR count). The molecule has 0 bridgehead atoms. The Kier molecular flexibility index (Phi) is 6.21. The zero-order valence-corrected chi connectivity index (χ0v) is 18.8. The predicted octanol–water partition coefficient (Wildman–Crippen LogP) is 5.22. The Balaban J connectivity index is 1.75. The van der Waals surface area contributed by atoms with E-state index in [-0.39, 0.29) is 11.5 Å². The molecule has 2 aromatic carbocycles. The van der Waals surface area contributed by atoms with Crippen LogP contribution in [0, 0.1) is 11.3 Å². The van der Waals surface area contributed by atoms with Crippen molar-refractivity contribution in [2.75, 3.05) is 18.0 Å². The molecule has 1 aliphatic rings. The van der Waals surface area contributed by atoms with Crippen LogP contribution in [0.4, 0.5) is 32.3 Å². The molecule has 36 heavy (non-hydrogen) atoms. The van der Waals surface area contributed by atoms with Gasteiger partial charge in [0.25, 0.3) is 5.60 Å². The highest BCUT2D eigenvalue weighted by Crippen LogP contribution is 2.51. The SMILES string of the molecule is C[C@]1(c2ccccc2)CN(c2ncc(C#N)cn2)C[C@H]1c1ccc(C(O)(C(F)(F)F)C(F)(F)F)cc1. The van der Waals surface area contributed by atoms with Crippen molar-refractivity contribution in [3.8, 4) is 6.07 Å². The van der Waals surface area contributed by atoms with Crippen molar-refractivity contribution in [1.29, 1.82) is 5.26 Å². The molecule has 0 radical (unpaired) electrons. The van der Waals surface area contributed by atoms with E-state index in [1.165, 1.54) is 24.5 Å². The summed E-state index contributed by atoms with van der Waals surface area (Å²) in [4.78, 5) is 10.3. The number of benzene rings is 2. The van der Waals surface area contributed by atoms with Gasteiger partial charge in [-0.25, -0.2) is 9.97 Å². The average Bonchev–Trinajstić information content (AvgIpc) is 3.21. The topological polar surface area (TPSA) is 73.0 Å². The summed E-state index contributed by atoms with van der Waals surface area (Å²) in [6, 6.07) is 15.0. The molecular weight excluding hydrogens is 486 g/mol.